The van der Waals surface area contributed by atoms with Gasteiger partial charge >= 0.3 is 0 Å². The minimum absolute atomic E-state index is 0.583. The van der Waals surface area contributed by atoms with Crippen LogP contribution in [0.5, 0.6) is 0 Å². The lowest BCUT2D eigenvalue weighted by atomic mass is 9.98. The van der Waals surface area contributed by atoms with Gasteiger partial charge in [-0.05, 0) is 23.6 Å². The lowest BCUT2D eigenvalue weighted by Gasteiger charge is -2.45. The van der Waals surface area contributed by atoms with Gasteiger partial charge in [0.05, 0.1) is 0 Å². The Morgan fingerprint density at radius 2 is 1.55 bits per heavy atom. The van der Waals surface area contributed by atoms with Crippen molar-refractivity contribution in [2.75, 3.05) is 24.5 Å². The van der Waals surface area contributed by atoms with Crippen LogP contribution in [0.3, 0.4) is 0 Å². The smallest absolute Gasteiger partial charge is 0.0440 e. The van der Waals surface area contributed by atoms with E-state index in [1.54, 1.807) is 0 Å². The molecule has 0 bridgehead atoms. The average molecular weight is 294 g/mol. The zero-order valence-corrected chi connectivity index (χ0v) is 13.7. The van der Waals surface area contributed by atoms with Gasteiger partial charge in [0, 0.05) is 37.9 Å². The maximum Gasteiger partial charge on any atom is 0.0440 e. The number of para-hydroxylation sites is 1. The Morgan fingerprint density at radius 3 is 2.18 bits per heavy atom. The van der Waals surface area contributed by atoms with E-state index < -0.39 is 0 Å². The van der Waals surface area contributed by atoms with Crippen molar-refractivity contribution in [3.8, 4) is 0 Å². The van der Waals surface area contributed by atoms with E-state index in [0.29, 0.717) is 12.0 Å². The third-order valence-corrected chi connectivity index (χ3v) is 4.61. The van der Waals surface area contributed by atoms with Crippen LogP contribution >= 0.6 is 0 Å². The van der Waals surface area contributed by atoms with Crippen molar-refractivity contribution >= 4 is 5.69 Å². The van der Waals surface area contributed by atoms with Crippen molar-refractivity contribution in [2.45, 2.75) is 26.4 Å². The molecule has 0 N–H and O–H groups in total. The van der Waals surface area contributed by atoms with Gasteiger partial charge in [0.1, 0.15) is 0 Å². The molecular formula is C20H26N2. The minimum Gasteiger partial charge on any atom is -0.366 e. The molecule has 2 aromatic carbocycles. The van der Waals surface area contributed by atoms with Crippen molar-refractivity contribution in [3.05, 3.63) is 66.2 Å². The summed E-state index contributed by atoms with van der Waals surface area (Å²) in [7, 11) is 0. The molecule has 1 atom stereocenters. The highest BCUT2D eigenvalue weighted by Gasteiger charge is 2.29. The second-order valence-corrected chi connectivity index (χ2v) is 6.56. The Morgan fingerprint density at radius 1 is 0.909 bits per heavy atom. The average Bonchev–Trinajstić information content (AvgIpc) is 2.56. The quantitative estimate of drug-likeness (QED) is 0.840. The third-order valence-electron chi connectivity index (χ3n) is 4.61. The summed E-state index contributed by atoms with van der Waals surface area (Å²) in [4.78, 5) is 5.19. The van der Waals surface area contributed by atoms with E-state index in [0.717, 1.165) is 26.2 Å². The molecule has 1 aliphatic heterocycles. The maximum absolute atomic E-state index is 2.60. The van der Waals surface area contributed by atoms with Crippen LogP contribution in [0.1, 0.15) is 19.4 Å². The summed E-state index contributed by atoms with van der Waals surface area (Å²) in [5.41, 5.74) is 2.78. The van der Waals surface area contributed by atoms with E-state index in [2.05, 4.69) is 84.3 Å². The molecule has 0 radical (unpaired) electrons. The summed E-state index contributed by atoms with van der Waals surface area (Å²) in [5.74, 6) is 0.652. The molecule has 0 aliphatic carbocycles. The maximum atomic E-state index is 2.60. The van der Waals surface area contributed by atoms with E-state index in [4.69, 9.17) is 0 Å². The Kier molecular flexibility index (Phi) is 4.79. The Bertz CT molecular complexity index is 565. The van der Waals surface area contributed by atoms with Gasteiger partial charge in [0.15, 0.2) is 0 Å². The number of rotatable bonds is 4. The van der Waals surface area contributed by atoms with E-state index in [9.17, 15) is 0 Å². The van der Waals surface area contributed by atoms with Crippen LogP contribution in [-0.4, -0.2) is 30.6 Å². The predicted molar refractivity (Wildman–Crippen MR) is 94.1 cm³/mol. The molecule has 1 fully saturated rings. The molecule has 22 heavy (non-hydrogen) atoms. The van der Waals surface area contributed by atoms with Crippen molar-refractivity contribution < 1.29 is 0 Å². The second kappa shape index (κ2) is 6.97. The van der Waals surface area contributed by atoms with Gasteiger partial charge in [-0.3, -0.25) is 4.90 Å². The molecule has 2 nitrogen and oxygen atoms in total. The molecule has 1 saturated heterocycles. The molecule has 2 heteroatoms. The van der Waals surface area contributed by atoms with Crippen molar-refractivity contribution in [3.63, 3.8) is 0 Å². The van der Waals surface area contributed by atoms with Gasteiger partial charge in [0.2, 0.25) is 0 Å². The third kappa shape index (κ3) is 3.50. The zero-order valence-electron chi connectivity index (χ0n) is 13.7. The fraction of sp³-hybridized carbons (Fsp3) is 0.400. The number of benzene rings is 2. The van der Waals surface area contributed by atoms with Gasteiger partial charge < -0.3 is 4.90 Å². The highest BCUT2D eigenvalue weighted by molar-refractivity contribution is 5.48. The number of nitrogens with zero attached hydrogens (tertiary/aromatic N) is 2. The highest BCUT2D eigenvalue weighted by Crippen LogP contribution is 2.25. The van der Waals surface area contributed by atoms with Crippen LogP contribution < -0.4 is 4.90 Å². The normalized spacial score (nSPS) is 19.6. The van der Waals surface area contributed by atoms with Crippen molar-refractivity contribution in [1.82, 2.24) is 4.90 Å². The van der Waals surface area contributed by atoms with Crippen LogP contribution in [-0.2, 0) is 6.54 Å². The predicted octanol–water partition coefficient (Wildman–Crippen LogP) is 4.03. The van der Waals surface area contributed by atoms with Gasteiger partial charge in [-0.1, -0.05) is 62.4 Å². The van der Waals surface area contributed by atoms with Crippen molar-refractivity contribution in [2.24, 2.45) is 5.92 Å². The van der Waals surface area contributed by atoms with E-state index in [1.165, 1.54) is 11.3 Å². The first-order valence-corrected chi connectivity index (χ1v) is 8.32. The van der Waals surface area contributed by atoms with Gasteiger partial charge in [0.25, 0.3) is 0 Å². The fourth-order valence-corrected chi connectivity index (χ4v) is 3.37. The van der Waals surface area contributed by atoms with Gasteiger partial charge in [-0.25, -0.2) is 0 Å². The standard InChI is InChI=1S/C20H26N2/c1-17(2)20-16-21(15-18-9-5-3-6-10-18)13-14-22(20)19-11-7-4-8-12-19/h3-12,17,20H,13-16H2,1-2H3/t20-/m1/s1. The minimum atomic E-state index is 0.583. The Hall–Kier alpha value is -1.80. The summed E-state index contributed by atoms with van der Waals surface area (Å²) >= 11 is 0. The monoisotopic (exact) mass is 294 g/mol. The van der Waals surface area contributed by atoms with Crippen LogP contribution in [0, 0.1) is 5.92 Å². The van der Waals surface area contributed by atoms with Crippen LogP contribution in [0.4, 0.5) is 5.69 Å². The van der Waals surface area contributed by atoms with Crippen LogP contribution in [0.2, 0.25) is 0 Å². The number of piperazine rings is 1. The Balaban J connectivity index is 1.71. The zero-order chi connectivity index (χ0) is 15.4. The molecule has 1 heterocycles. The summed E-state index contributed by atoms with van der Waals surface area (Å²) in [6.45, 7) is 9.13. The molecule has 1 aliphatic rings. The number of anilines is 1. The first kappa shape index (κ1) is 15.1. The summed E-state index contributed by atoms with van der Waals surface area (Å²) in [6.07, 6.45) is 0. The Labute approximate surface area is 134 Å². The second-order valence-electron chi connectivity index (χ2n) is 6.56. The first-order valence-electron chi connectivity index (χ1n) is 8.32. The van der Waals surface area contributed by atoms with Gasteiger partial charge in [-0.15, -0.1) is 0 Å². The topological polar surface area (TPSA) is 6.48 Å². The molecule has 116 valence electrons. The van der Waals surface area contributed by atoms with Crippen LogP contribution in [0.25, 0.3) is 0 Å². The lowest BCUT2D eigenvalue weighted by molar-refractivity contribution is 0.193. The molecule has 0 saturated carbocycles. The number of hydrogen-bond acceptors (Lipinski definition) is 2. The largest absolute Gasteiger partial charge is 0.366 e. The van der Waals surface area contributed by atoms with E-state index in [-0.39, 0.29) is 0 Å². The van der Waals surface area contributed by atoms with Crippen molar-refractivity contribution in [1.29, 1.82) is 0 Å². The molecule has 0 spiro atoms. The summed E-state index contributed by atoms with van der Waals surface area (Å²) < 4.78 is 0. The molecule has 0 unspecified atom stereocenters. The fourth-order valence-electron chi connectivity index (χ4n) is 3.37. The molecule has 0 aromatic heterocycles. The molecule has 0 amide bonds. The van der Waals surface area contributed by atoms with Gasteiger partial charge in [-0.2, -0.15) is 0 Å². The van der Waals surface area contributed by atoms with Crippen LogP contribution in [0.15, 0.2) is 60.7 Å². The van der Waals surface area contributed by atoms with E-state index >= 15 is 0 Å². The molecule has 3 rings (SSSR count). The summed E-state index contributed by atoms with van der Waals surface area (Å²) in [5, 5.41) is 0. The summed E-state index contributed by atoms with van der Waals surface area (Å²) in [6, 6.07) is 22.3. The molecule has 2 aromatic rings. The lowest BCUT2D eigenvalue weighted by Crippen LogP contribution is -2.55. The first-order chi connectivity index (χ1) is 10.7. The van der Waals surface area contributed by atoms with E-state index in [1.807, 2.05) is 0 Å². The number of hydrogen-bond donors (Lipinski definition) is 0. The SMILES string of the molecule is CC(C)[C@H]1CN(Cc2ccccc2)CCN1c1ccccc1. The highest BCUT2D eigenvalue weighted by atomic mass is 15.3. The molecular weight excluding hydrogens is 268 g/mol.